The molecule has 3 rings (SSSR count). The van der Waals surface area contributed by atoms with Gasteiger partial charge in [-0.05, 0) is 61.0 Å². The predicted octanol–water partition coefficient (Wildman–Crippen LogP) is 3.82. The van der Waals surface area contributed by atoms with Crippen LogP contribution in [0.4, 0.5) is 5.69 Å². The molecule has 160 valence electrons. The monoisotopic (exact) mass is 420 g/mol. The second-order valence-electron chi connectivity index (χ2n) is 6.62. The number of nitrogens with zero attached hydrogens (tertiary/aromatic N) is 2. The minimum atomic E-state index is -0.340. The average molecular weight is 420 g/mol. The predicted molar refractivity (Wildman–Crippen MR) is 116 cm³/mol. The molecule has 0 aliphatic carbocycles. The van der Waals surface area contributed by atoms with E-state index in [0.29, 0.717) is 29.4 Å². The third kappa shape index (κ3) is 7.11. The fourth-order valence-electron chi connectivity index (χ4n) is 2.55. The van der Waals surface area contributed by atoms with Gasteiger partial charge in [0.25, 0.3) is 5.91 Å². The highest BCUT2D eigenvalue weighted by atomic mass is 16.5. The first kappa shape index (κ1) is 21.8. The van der Waals surface area contributed by atoms with Crippen molar-refractivity contribution < 1.29 is 19.1 Å². The maximum absolute atomic E-state index is 12.2. The lowest BCUT2D eigenvalue weighted by atomic mass is 10.2. The van der Waals surface area contributed by atoms with Gasteiger partial charge in [0.2, 0.25) is 5.91 Å². The van der Waals surface area contributed by atoms with Gasteiger partial charge in [-0.3, -0.25) is 9.59 Å². The number of rotatable bonds is 10. The van der Waals surface area contributed by atoms with Crippen LogP contribution in [0.5, 0.6) is 17.5 Å². The van der Waals surface area contributed by atoms with Crippen LogP contribution in [0.25, 0.3) is 0 Å². The lowest BCUT2D eigenvalue weighted by Crippen LogP contribution is -2.32. The lowest BCUT2D eigenvalue weighted by Gasteiger charge is -2.09. The summed E-state index contributed by atoms with van der Waals surface area (Å²) in [7, 11) is 0. The van der Waals surface area contributed by atoms with Gasteiger partial charge < -0.3 is 20.1 Å². The molecule has 0 saturated heterocycles. The summed E-state index contributed by atoms with van der Waals surface area (Å²) >= 11 is 0. The Morgan fingerprint density at radius 3 is 2.29 bits per heavy atom. The Morgan fingerprint density at radius 1 is 0.935 bits per heavy atom. The van der Waals surface area contributed by atoms with E-state index in [-0.39, 0.29) is 24.4 Å². The molecule has 8 heteroatoms. The van der Waals surface area contributed by atoms with Crippen LogP contribution in [0.1, 0.15) is 30.1 Å². The molecule has 0 aliphatic rings. The zero-order valence-corrected chi connectivity index (χ0v) is 17.2. The van der Waals surface area contributed by atoms with Crippen LogP contribution in [-0.4, -0.2) is 34.9 Å². The van der Waals surface area contributed by atoms with Gasteiger partial charge in [0.1, 0.15) is 11.5 Å². The van der Waals surface area contributed by atoms with Gasteiger partial charge in [-0.2, -0.15) is 0 Å². The van der Waals surface area contributed by atoms with E-state index < -0.39 is 0 Å². The van der Waals surface area contributed by atoms with Crippen molar-refractivity contribution in [3.8, 4) is 17.5 Å². The molecule has 0 fully saturated rings. The van der Waals surface area contributed by atoms with Crippen LogP contribution in [0.2, 0.25) is 0 Å². The van der Waals surface area contributed by atoms with Gasteiger partial charge in [0.15, 0.2) is 0 Å². The van der Waals surface area contributed by atoms with Crippen molar-refractivity contribution in [1.82, 2.24) is 15.3 Å². The normalized spacial score (nSPS) is 10.2. The third-order valence-corrected chi connectivity index (χ3v) is 4.18. The molecule has 31 heavy (non-hydrogen) atoms. The van der Waals surface area contributed by atoms with Crippen LogP contribution >= 0.6 is 0 Å². The molecule has 0 unspecified atom stereocenters. The quantitative estimate of drug-likeness (QED) is 0.484. The maximum atomic E-state index is 12.2. The molecule has 8 nitrogen and oxygen atoms in total. The van der Waals surface area contributed by atoms with Crippen LogP contribution in [0.3, 0.4) is 0 Å². The average Bonchev–Trinajstić information content (AvgIpc) is 2.80. The molecular weight excluding hydrogens is 396 g/mol. The van der Waals surface area contributed by atoms with E-state index >= 15 is 0 Å². The van der Waals surface area contributed by atoms with Crippen molar-refractivity contribution in [2.75, 3.05) is 18.5 Å². The highest BCUT2D eigenvalue weighted by Gasteiger charge is 2.09. The van der Waals surface area contributed by atoms with Gasteiger partial charge >= 0.3 is 6.01 Å². The number of anilines is 1. The third-order valence-electron chi connectivity index (χ3n) is 4.18. The number of aromatic nitrogens is 2. The molecule has 0 saturated carbocycles. The number of nitrogens with one attached hydrogen (secondary N) is 2. The molecule has 0 aliphatic heterocycles. The summed E-state index contributed by atoms with van der Waals surface area (Å²) in [6, 6.07) is 15.5. The zero-order valence-electron chi connectivity index (χ0n) is 17.2. The van der Waals surface area contributed by atoms with Crippen molar-refractivity contribution in [3.63, 3.8) is 0 Å². The van der Waals surface area contributed by atoms with Gasteiger partial charge in [0, 0.05) is 23.6 Å². The number of ether oxygens (including phenoxy) is 2. The fourth-order valence-corrected chi connectivity index (χ4v) is 2.55. The highest BCUT2D eigenvalue weighted by Crippen LogP contribution is 2.19. The molecule has 2 amide bonds. The van der Waals surface area contributed by atoms with Crippen molar-refractivity contribution in [3.05, 3.63) is 72.6 Å². The molecule has 1 aromatic heterocycles. The summed E-state index contributed by atoms with van der Waals surface area (Å²) in [6.45, 7) is 2.59. The van der Waals surface area contributed by atoms with Gasteiger partial charge in [-0.25, -0.2) is 9.97 Å². The molecule has 3 aromatic rings. The van der Waals surface area contributed by atoms with Crippen molar-refractivity contribution >= 4 is 17.5 Å². The Hall–Kier alpha value is -3.94. The van der Waals surface area contributed by atoms with Gasteiger partial charge in [0.05, 0.1) is 13.2 Å². The summed E-state index contributed by atoms with van der Waals surface area (Å²) < 4.78 is 11.1. The summed E-state index contributed by atoms with van der Waals surface area (Å²) in [6.07, 6.45) is 5.21. The fraction of sp³-hybridized carbons (Fsp3) is 0.217. The summed E-state index contributed by atoms with van der Waals surface area (Å²) in [5.41, 5.74) is 1.04. The molecular formula is C23H24N4O4. The minimum absolute atomic E-state index is 0.149. The first-order chi connectivity index (χ1) is 15.1. The van der Waals surface area contributed by atoms with E-state index in [0.717, 1.165) is 12.8 Å². The highest BCUT2D eigenvalue weighted by molar-refractivity contribution is 5.99. The Morgan fingerprint density at radius 2 is 1.61 bits per heavy atom. The molecule has 0 spiro atoms. The second-order valence-corrected chi connectivity index (χ2v) is 6.62. The van der Waals surface area contributed by atoms with E-state index in [1.54, 1.807) is 67.0 Å². The summed E-state index contributed by atoms with van der Waals surface area (Å²) in [5, 5.41) is 5.32. The molecule has 1 heterocycles. The van der Waals surface area contributed by atoms with E-state index in [1.165, 1.54) is 0 Å². The molecule has 0 atom stereocenters. The molecule has 2 N–H and O–H groups in total. The van der Waals surface area contributed by atoms with Crippen molar-refractivity contribution in [1.29, 1.82) is 0 Å². The van der Waals surface area contributed by atoms with Gasteiger partial charge in [-0.1, -0.05) is 13.3 Å². The first-order valence-corrected chi connectivity index (χ1v) is 10.00. The van der Waals surface area contributed by atoms with Gasteiger partial charge in [-0.15, -0.1) is 0 Å². The SMILES string of the molecule is CCCCOc1ccc(C(=O)NCC(=O)Nc2ccc(Oc3ncccn3)cc2)cc1. The number of benzene rings is 2. The largest absolute Gasteiger partial charge is 0.494 e. The number of hydrogen-bond acceptors (Lipinski definition) is 6. The van der Waals surface area contributed by atoms with E-state index in [2.05, 4.69) is 27.5 Å². The number of amides is 2. The number of unbranched alkanes of at least 4 members (excludes halogenated alkanes) is 1. The van der Waals surface area contributed by atoms with E-state index in [1.807, 2.05) is 0 Å². The molecule has 0 radical (unpaired) electrons. The summed E-state index contributed by atoms with van der Waals surface area (Å²) in [4.78, 5) is 32.3. The van der Waals surface area contributed by atoms with E-state index in [9.17, 15) is 9.59 Å². The van der Waals surface area contributed by atoms with Crippen LogP contribution in [-0.2, 0) is 4.79 Å². The number of carbonyl (C=O) groups excluding carboxylic acids is 2. The number of carbonyl (C=O) groups is 2. The Balaban J connectivity index is 1.43. The Labute approximate surface area is 180 Å². The minimum Gasteiger partial charge on any atom is -0.494 e. The number of hydrogen-bond donors (Lipinski definition) is 2. The Bertz CT molecular complexity index is 977. The smallest absolute Gasteiger partial charge is 0.321 e. The molecule has 0 bridgehead atoms. The first-order valence-electron chi connectivity index (χ1n) is 10.00. The Kier molecular flexibility index (Phi) is 7.93. The maximum Gasteiger partial charge on any atom is 0.321 e. The van der Waals surface area contributed by atoms with E-state index in [4.69, 9.17) is 9.47 Å². The van der Waals surface area contributed by atoms with Crippen molar-refractivity contribution in [2.45, 2.75) is 19.8 Å². The van der Waals surface area contributed by atoms with Crippen LogP contribution < -0.4 is 20.1 Å². The lowest BCUT2D eigenvalue weighted by molar-refractivity contribution is -0.115. The zero-order chi connectivity index (χ0) is 21.9. The van der Waals surface area contributed by atoms with Crippen LogP contribution in [0.15, 0.2) is 67.0 Å². The topological polar surface area (TPSA) is 102 Å². The molecule has 2 aromatic carbocycles. The second kappa shape index (κ2) is 11.3. The van der Waals surface area contributed by atoms with Crippen LogP contribution in [0, 0.1) is 0 Å². The van der Waals surface area contributed by atoms with Crippen molar-refractivity contribution in [2.24, 2.45) is 0 Å². The summed E-state index contributed by atoms with van der Waals surface area (Å²) in [5.74, 6) is 0.586. The standard InChI is InChI=1S/C23H24N4O4/c1-2-3-15-30-19-9-5-17(6-10-19)22(29)26-16-21(28)27-18-7-11-20(12-8-18)31-23-24-13-4-14-25-23/h4-14H,2-3,15-16H2,1H3,(H,26,29)(H,27,28).